The van der Waals surface area contributed by atoms with Crippen LogP contribution in [0.1, 0.15) is 61.6 Å². The molecule has 2 aromatic rings. The lowest BCUT2D eigenvalue weighted by atomic mass is 9.55. The Morgan fingerprint density at radius 1 is 1.11 bits per heavy atom. The Labute approximate surface area is 168 Å². The highest BCUT2D eigenvalue weighted by molar-refractivity contribution is 5.40. The quantitative estimate of drug-likeness (QED) is 0.806. The van der Waals surface area contributed by atoms with Crippen LogP contribution in [-0.4, -0.2) is 18.1 Å². The average Bonchev–Trinajstić information content (AvgIpc) is 3.08. The normalized spacial score (nSPS) is 33.6. The van der Waals surface area contributed by atoms with E-state index in [2.05, 4.69) is 47.6 Å². The third-order valence-corrected chi connectivity index (χ3v) is 8.24. The van der Waals surface area contributed by atoms with Crippen molar-refractivity contribution in [3.05, 3.63) is 59.4 Å². The molecule has 1 heterocycles. The van der Waals surface area contributed by atoms with E-state index in [0.29, 0.717) is 11.5 Å². The summed E-state index contributed by atoms with van der Waals surface area (Å²) < 4.78 is 5.47. The van der Waals surface area contributed by atoms with Gasteiger partial charge in [0.15, 0.2) is 0 Å². The molecule has 0 saturated heterocycles. The van der Waals surface area contributed by atoms with Crippen LogP contribution in [0.4, 0.5) is 0 Å². The molecule has 1 aromatic heterocycles. The first-order valence-corrected chi connectivity index (χ1v) is 11.0. The van der Waals surface area contributed by atoms with Crippen molar-refractivity contribution in [2.45, 2.75) is 64.0 Å². The molecule has 5 rings (SSSR count). The van der Waals surface area contributed by atoms with Gasteiger partial charge in [-0.25, -0.2) is 0 Å². The summed E-state index contributed by atoms with van der Waals surface area (Å²) in [5.41, 5.74) is 4.94. The Morgan fingerprint density at radius 2 is 1.96 bits per heavy atom. The molecule has 0 radical (unpaired) electrons. The van der Waals surface area contributed by atoms with Crippen LogP contribution in [0.3, 0.4) is 0 Å². The van der Waals surface area contributed by atoms with Gasteiger partial charge in [0.1, 0.15) is 5.75 Å². The monoisotopic (exact) mass is 376 g/mol. The predicted octanol–water partition coefficient (Wildman–Crippen LogP) is 5.10. The number of hydrogen-bond acceptors (Lipinski definition) is 3. The van der Waals surface area contributed by atoms with E-state index in [1.165, 1.54) is 49.7 Å². The minimum Gasteiger partial charge on any atom is -0.497 e. The highest BCUT2D eigenvalue weighted by Gasteiger charge is 2.54. The molecule has 3 aliphatic carbocycles. The smallest absolute Gasteiger partial charge is 0.119 e. The molecule has 0 aliphatic heterocycles. The standard InChI is InChI=1S/C25H32N2O/c1-25-12-9-21-20-6-4-19(28-2)15-18(20)3-5-22(21)23(25)7-8-24(25)27-16-17-10-13-26-14-11-17/h4,6,10-11,13-15,21-24,27H,3,5,7-9,12,16H2,1-2H3/t21-,22-,23+,24+,25+/m1/s1. The van der Waals surface area contributed by atoms with Crippen molar-refractivity contribution in [3.63, 3.8) is 0 Å². The summed E-state index contributed by atoms with van der Waals surface area (Å²) >= 11 is 0. The number of rotatable bonds is 4. The minimum atomic E-state index is 0.443. The predicted molar refractivity (Wildman–Crippen MR) is 112 cm³/mol. The maximum Gasteiger partial charge on any atom is 0.119 e. The van der Waals surface area contributed by atoms with Crippen LogP contribution in [0.2, 0.25) is 0 Å². The molecular weight excluding hydrogens is 344 g/mol. The fraction of sp³-hybridized carbons (Fsp3) is 0.560. The van der Waals surface area contributed by atoms with Gasteiger partial charge in [0.05, 0.1) is 7.11 Å². The molecule has 0 amide bonds. The summed E-state index contributed by atoms with van der Waals surface area (Å²) in [7, 11) is 1.77. The topological polar surface area (TPSA) is 34.1 Å². The number of benzene rings is 1. The van der Waals surface area contributed by atoms with Crippen LogP contribution in [0.25, 0.3) is 0 Å². The zero-order valence-electron chi connectivity index (χ0n) is 17.2. The molecule has 148 valence electrons. The van der Waals surface area contributed by atoms with Gasteiger partial charge >= 0.3 is 0 Å². The summed E-state index contributed by atoms with van der Waals surface area (Å²) in [6, 6.07) is 11.7. The highest BCUT2D eigenvalue weighted by Crippen LogP contribution is 2.61. The van der Waals surface area contributed by atoms with Crippen LogP contribution in [-0.2, 0) is 13.0 Å². The van der Waals surface area contributed by atoms with E-state index in [1.807, 2.05) is 12.4 Å². The Bertz CT molecular complexity index is 836. The number of aromatic nitrogens is 1. The van der Waals surface area contributed by atoms with Crippen molar-refractivity contribution >= 4 is 0 Å². The molecule has 0 spiro atoms. The molecule has 2 fully saturated rings. The van der Waals surface area contributed by atoms with Gasteiger partial charge in [0.2, 0.25) is 0 Å². The number of hydrogen-bond donors (Lipinski definition) is 1. The lowest BCUT2D eigenvalue weighted by Crippen LogP contribution is -2.48. The van der Waals surface area contributed by atoms with Gasteiger partial charge < -0.3 is 10.1 Å². The molecule has 1 aromatic carbocycles. The van der Waals surface area contributed by atoms with E-state index in [0.717, 1.165) is 30.0 Å². The first kappa shape index (κ1) is 18.2. The molecule has 2 saturated carbocycles. The Balaban J connectivity index is 1.33. The Morgan fingerprint density at radius 3 is 2.79 bits per heavy atom. The van der Waals surface area contributed by atoms with Gasteiger partial charge in [-0.2, -0.15) is 0 Å². The van der Waals surface area contributed by atoms with E-state index >= 15 is 0 Å². The maximum atomic E-state index is 5.47. The zero-order chi connectivity index (χ0) is 19.1. The van der Waals surface area contributed by atoms with Crippen molar-refractivity contribution in [1.82, 2.24) is 10.3 Å². The third kappa shape index (κ3) is 2.95. The van der Waals surface area contributed by atoms with Crippen LogP contribution in [0.5, 0.6) is 5.75 Å². The lowest BCUT2D eigenvalue weighted by molar-refractivity contribution is 0.0408. The fourth-order valence-electron chi connectivity index (χ4n) is 6.76. The van der Waals surface area contributed by atoms with Gasteiger partial charge in [-0.1, -0.05) is 13.0 Å². The van der Waals surface area contributed by atoms with Crippen molar-refractivity contribution in [1.29, 1.82) is 0 Å². The molecule has 5 atom stereocenters. The summed E-state index contributed by atoms with van der Waals surface area (Å²) in [5.74, 6) is 3.48. The van der Waals surface area contributed by atoms with Gasteiger partial charge in [-0.15, -0.1) is 0 Å². The fourth-order valence-corrected chi connectivity index (χ4v) is 6.76. The lowest BCUT2D eigenvalue weighted by Gasteiger charge is -2.51. The second-order valence-corrected chi connectivity index (χ2v) is 9.39. The summed E-state index contributed by atoms with van der Waals surface area (Å²) in [6.07, 6.45) is 11.8. The van der Waals surface area contributed by atoms with Crippen molar-refractivity contribution in [2.24, 2.45) is 17.3 Å². The van der Waals surface area contributed by atoms with Gasteiger partial charge in [-0.05, 0) is 103 Å². The van der Waals surface area contributed by atoms with Crippen LogP contribution in [0, 0.1) is 17.3 Å². The Hall–Kier alpha value is -1.87. The van der Waals surface area contributed by atoms with E-state index < -0.39 is 0 Å². The van der Waals surface area contributed by atoms with Crippen molar-refractivity contribution in [3.8, 4) is 5.75 Å². The molecule has 3 heteroatoms. The first-order chi connectivity index (χ1) is 13.7. The van der Waals surface area contributed by atoms with E-state index in [4.69, 9.17) is 4.74 Å². The molecular formula is C25H32N2O. The molecule has 3 aliphatic rings. The first-order valence-electron chi connectivity index (χ1n) is 11.0. The minimum absolute atomic E-state index is 0.443. The highest BCUT2D eigenvalue weighted by atomic mass is 16.5. The van der Waals surface area contributed by atoms with Crippen molar-refractivity contribution < 1.29 is 4.74 Å². The van der Waals surface area contributed by atoms with E-state index in [1.54, 1.807) is 12.7 Å². The van der Waals surface area contributed by atoms with E-state index in [9.17, 15) is 0 Å². The zero-order valence-corrected chi connectivity index (χ0v) is 17.2. The number of pyridine rings is 1. The number of methoxy groups -OCH3 is 1. The second kappa shape index (κ2) is 7.18. The number of nitrogens with zero attached hydrogens (tertiary/aromatic N) is 1. The number of fused-ring (bicyclic) bond motifs is 5. The van der Waals surface area contributed by atoms with Gasteiger partial charge in [-0.3, -0.25) is 4.98 Å². The van der Waals surface area contributed by atoms with Gasteiger partial charge in [0.25, 0.3) is 0 Å². The molecule has 1 N–H and O–H groups in total. The molecule has 0 bridgehead atoms. The third-order valence-electron chi connectivity index (χ3n) is 8.24. The summed E-state index contributed by atoms with van der Waals surface area (Å²) in [5, 5.41) is 3.92. The Kier molecular flexibility index (Phi) is 4.66. The average molecular weight is 377 g/mol. The number of nitrogens with one attached hydrogen (secondary N) is 1. The van der Waals surface area contributed by atoms with Crippen LogP contribution >= 0.6 is 0 Å². The SMILES string of the molecule is COc1ccc2c(c1)CC[C@@H]1[C@@H]2CC[C@]2(C)[C@@H](NCc3ccncc3)CC[C@@H]12. The van der Waals surface area contributed by atoms with Gasteiger partial charge in [0, 0.05) is 25.0 Å². The maximum absolute atomic E-state index is 5.47. The molecule has 3 nitrogen and oxygen atoms in total. The largest absolute Gasteiger partial charge is 0.497 e. The summed E-state index contributed by atoms with van der Waals surface area (Å²) in [4.78, 5) is 4.14. The van der Waals surface area contributed by atoms with Crippen LogP contribution < -0.4 is 10.1 Å². The molecule has 0 unspecified atom stereocenters. The second-order valence-electron chi connectivity index (χ2n) is 9.39. The summed E-state index contributed by atoms with van der Waals surface area (Å²) in [6.45, 7) is 3.54. The van der Waals surface area contributed by atoms with Crippen molar-refractivity contribution in [2.75, 3.05) is 7.11 Å². The number of ether oxygens (including phenoxy) is 1. The van der Waals surface area contributed by atoms with Crippen LogP contribution in [0.15, 0.2) is 42.7 Å². The molecule has 28 heavy (non-hydrogen) atoms. The van der Waals surface area contributed by atoms with E-state index in [-0.39, 0.29) is 0 Å². The number of aryl methyl sites for hydroxylation is 1.